The van der Waals surface area contributed by atoms with Crippen LogP contribution in [0.2, 0.25) is 0 Å². The Labute approximate surface area is 138 Å². The van der Waals surface area contributed by atoms with E-state index in [1.807, 2.05) is 49.5 Å². The molecule has 0 aliphatic rings. The van der Waals surface area contributed by atoms with Gasteiger partial charge in [-0.3, -0.25) is 0 Å². The maximum atomic E-state index is 8.84. The Balaban J connectivity index is 2.05. The first-order chi connectivity index (χ1) is 11.2. The molecule has 0 heterocycles. The molecule has 0 saturated carbocycles. The smallest absolute Gasteiger partial charge is 0.194 e. The second-order valence-electron chi connectivity index (χ2n) is 5.32. The van der Waals surface area contributed by atoms with Crippen LogP contribution in [0.3, 0.4) is 0 Å². The van der Waals surface area contributed by atoms with Gasteiger partial charge in [0.05, 0.1) is 18.2 Å². The zero-order valence-corrected chi connectivity index (χ0v) is 13.7. The summed E-state index contributed by atoms with van der Waals surface area (Å²) in [5.74, 6) is 0.876. The predicted molar refractivity (Wildman–Crippen MR) is 93.9 cm³/mol. The number of hydrogen-bond acceptors (Lipinski definition) is 2. The van der Waals surface area contributed by atoms with Crippen molar-refractivity contribution in [3.8, 4) is 6.07 Å². The van der Waals surface area contributed by atoms with Crippen molar-refractivity contribution in [3.63, 3.8) is 0 Å². The van der Waals surface area contributed by atoms with E-state index in [2.05, 4.69) is 40.3 Å². The molecule has 4 nitrogen and oxygen atoms in total. The molecule has 1 N–H and O–H groups in total. The maximum Gasteiger partial charge on any atom is 0.194 e. The normalized spacial score (nSPS) is 10.9. The van der Waals surface area contributed by atoms with Gasteiger partial charge in [0.1, 0.15) is 0 Å². The lowest BCUT2D eigenvalue weighted by atomic mass is 10.1. The van der Waals surface area contributed by atoms with E-state index in [0.717, 1.165) is 24.6 Å². The Morgan fingerprint density at radius 1 is 1.09 bits per heavy atom. The molecule has 2 aromatic carbocycles. The summed E-state index contributed by atoms with van der Waals surface area (Å²) in [5.41, 5.74) is 3.01. The predicted octanol–water partition coefficient (Wildman–Crippen LogP) is 3.16. The topological polar surface area (TPSA) is 51.4 Å². The van der Waals surface area contributed by atoms with E-state index in [0.29, 0.717) is 12.1 Å². The van der Waals surface area contributed by atoms with Crippen molar-refractivity contribution in [3.05, 3.63) is 71.3 Å². The van der Waals surface area contributed by atoms with Gasteiger partial charge < -0.3 is 10.2 Å². The Morgan fingerprint density at radius 2 is 1.78 bits per heavy atom. The van der Waals surface area contributed by atoms with Crippen LogP contribution < -0.4 is 5.32 Å². The fourth-order valence-corrected chi connectivity index (χ4v) is 2.25. The van der Waals surface area contributed by atoms with E-state index in [4.69, 9.17) is 5.26 Å². The van der Waals surface area contributed by atoms with Gasteiger partial charge in [0.25, 0.3) is 0 Å². The lowest BCUT2D eigenvalue weighted by Gasteiger charge is -2.22. The van der Waals surface area contributed by atoms with Gasteiger partial charge in [0.2, 0.25) is 0 Å². The van der Waals surface area contributed by atoms with Crippen molar-refractivity contribution in [2.24, 2.45) is 4.99 Å². The van der Waals surface area contributed by atoms with Crippen LogP contribution in [-0.4, -0.2) is 24.5 Å². The van der Waals surface area contributed by atoms with Crippen molar-refractivity contribution in [1.82, 2.24) is 10.2 Å². The standard InChI is InChI=1S/C19H22N4/c1-3-21-19(23(2)15-18-7-5-4-6-8-18)22-14-17-11-9-16(13-20)10-12-17/h4-12H,3,14-15H2,1-2H3,(H,21,22). The minimum atomic E-state index is 0.590. The highest BCUT2D eigenvalue weighted by Gasteiger charge is 2.06. The Bertz CT molecular complexity index is 669. The van der Waals surface area contributed by atoms with Crippen molar-refractivity contribution in [2.45, 2.75) is 20.0 Å². The highest BCUT2D eigenvalue weighted by molar-refractivity contribution is 5.79. The first-order valence-electron chi connectivity index (χ1n) is 7.75. The first-order valence-corrected chi connectivity index (χ1v) is 7.75. The van der Waals surface area contributed by atoms with Crippen LogP contribution in [0.4, 0.5) is 0 Å². The van der Waals surface area contributed by atoms with E-state index in [9.17, 15) is 0 Å². The average molecular weight is 306 g/mol. The van der Waals surface area contributed by atoms with Crippen LogP contribution in [0.15, 0.2) is 59.6 Å². The number of rotatable bonds is 5. The van der Waals surface area contributed by atoms with Gasteiger partial charge in [-0.15, -0.1) is 0 Å². The van der Waals surface area contributed by atoms with Gasteiger partial charge in [0.15, 0.2) is 5.96 Å². The number of aliphatic imine (C=N–C) groups is 1. The third-order valence-electron chi connectivity index (χ3n) is 3.45. The lowest BCUT2D eigenvalue weighted by molar-refractivity contribution is 0.477. The van der Waals surface area contributed by atoms with Gasteiger partial charge in [-0.25, -0.2) is 4.99 Å². The molecule has 0 saturated heterocycles. The second kappa shape index (κ2) is 8.60. The molecular weight excluding hydrogens is 284 g/mol. The molecule has 23 heavy (non-hydrogen) atoms. The summed E-state index contributed by atoms with van der Waals surface area (Å²) >= 11 is 0. The van der Waals surface area contributed by atoms with Crippen LogP contribution in [0.5, 0.6) is 0 Å². The lowest BCUT2D eigenvalue weighted by Crippen LogP contribution is -2.38. The van der Waals surface area contributed by atoms with Crippen molar-refractivity contribution < 1.29 is 0 Å². The first kappa shape index (κ1) is 16.6. The molecule has 0 unspecified atom stereocenters. The molecule has 0 amide bonds. The number of guanidine groups is 1. The van der Waals surface area contributed by atoms with Crippen molar-refractivity contribution >= 4 is 5.96 Å². The van der Waals surface area contributed by atoms with Gasteiger partial charge in [0, 0.05) is 20.1 Å². The maximum absolute atomic E-state index is 8.84. The molecule has 0 atom stereocenters. The summed E-state index contributed by atoms with van der Waals surface area (Å²) in [6.07, 6.45) is 0. The molecule has 4 heteroatoms. The van der Waals surface area contributed by atoms with Crippen LogP contribution in [0.25, 0.3) is 0 Å². The summed E-state index contributed by atoms with van der Waals surface area (Å²) in [6, 6.07) is 20.0. The minimum absolute atomic E-state index is 0.590. The third-order valence-corrected chi connectivity index (χ3v) is 3.45. The average Bonchev–Trinajstić information content (AvgIpc) is 2.60. The Hall–Kier alpha value is -2.80. The number of benzene rings is 2. The fraction of sp³-hybridized carbons (Fsp3) is 0.263. The minimum Gasteiger partial charge on any atom is -0.357 e. The summed E-state index contributed by atoms with van der Waals surface area (Å²) in [7, 11) is 2.03. The largest absolute Gasteiger partial charge is 0.357 e. The monoisotopic (exact) mass is 306 g/mol. The Kier molecular flexibility index (Phi) is 6.19. The van der Waals surface area contributed by atoms with Gasteiger partial charge in [-0.05, 0) is 30.2 Å². The second-order valence-corrected chi connectivity index (χ2v) is 5.32. The summed E-state index contributed by atoms with van der Waals surface area (Å²) < 4.78 is 0. The SMILES string of the molecule is CCNC(=NCc1ccc(C#N)cc1)N(C)Cc1ccccc1. The molecule has 2 aromatic rings. The van der Waals surface area contributed by atoms with E-state index in [1.54, 1.807) is 0 Å². The highest BCUT2D eigenvalue weighted by Crippen LogP contribution is 2.06. The van der Waals surface area contributed by atoms with Crippen molar-refractivity contribution in [2.75, 3.05) is 13.6 Å². The van der Waals surface area contributed by atoms with E-state index < -0.39 is 0 Å². The zero-order valence-electron chi connectivity index (χ0n) is 13.7. The van der Waals surface area contributed by atoms with Gasteiger partial charge in [-0.1, -0.05) is 42.5 Å². The van der Waals surface area contributed by atoms with E-state index in [-0.39, 0.29) is 0 Å². The number of nitrogens with zero attached hydrogens (tertiary/aromatic N) is 3. The molecule has 2 rings (SSSR count). The van der Waals surface area contributed by atoms with Gasteiger partial charge >= 0.3 is 0 Å². The van der Waals surface area contributed by atoms with E-state index >= 15 is 0 Å². The number of hydrogen-bond donors (Lipinski definition) is 1. The van der Waals surface area contributed by atoms with Crippen LogP contribution >= 0.6 is 0 Å². The molecular formula is C19H22N4. The molecule has 0 bridgehead atoms. The van der Waals surface area contributed by atoms with Crippen LogP contribution in [-0.2, 0) is 13.1 Å². The third kappa shape index (κ3) is 5.15. The van der Waals surface area contributed by atoms with Crippen LogP contribution in [0, 0.1) is 11.3 Å². The number of nitrogens with one attached hydrogen (secondary N) is 1. The molecule has 0 aliphatic heterocycles. The van der Waals surface area contributed by atoms with Crippen molar-refractivity contribution in [1.29, 1.82) is 5.26 Å². The highest BCUT2D eigenvalue weighted by atomic mass is 15.3. The van der Waals surface area contributed by atoms with E-state index in [1.165, 1.54) is 5.56 Å². The van der Waals surface area contributed by atoms with Gasteiger partial charge in [-0.2, -0.15) is 5.26 Å². The molecule has 0 aromatic heterocycles. The van der Waals surface area contributed by atoms with Crippen LogP contribution in [0.1, 0.15) is 23.6 Å². The molecule has 0 radical (unpaired) electrons. The summed E-state index contributed by atoms with van der Waals surface area (Å²) in [6.45, 7) is 4.28. The molecule has 0 fully saturated rings. The zero-order chi connectivity index (χ0) is 16.5. The molecule has 0 spiro atoms. The Morgan fingerprint density at radius 3 is 2.39 bits per heavy atom. The summed E-state index contributed by atoms with van der Waals surface area (Å²) in [5, 5.41) is 12.2. The fourth-order valence-electron chi connectivity index (χ4n) is 2.25. The molecule has 0 aliphatic carbocycles. The number of nitriles is 1. The quantitative estimate of drug-likeness (QED) is 0.682. The molecule has 118 valence electrons. The summed E-state index contributed by atoms with van der Waals surface area (Å²) in [4.78, 5) is 6.80.